The molecule has 0 fully saturated rings. The van der Waals surface area contributed by atoms with Gasteiger partial charge >= 0.3 is 5.97 Å². The van der Waals surface area contributed by atoms with E-state index in [1.807, 2.05) is 6.92 Å². The van der Waals surface area contributed by atoms with Crippen molar-refractivity contribution in [3.8, 4) is 0 Å². The molecular weight excluding hydrogens is 285 g/mol. The number of aryl methyl sites for hydroxylation is 1. The fraction of sp³-hybridized carbons (Fsp3) is 0.529. The third-order valence-electron chi connectivity index (χ3n) is 4.82. The van der Waals surface area contributed by atoms with E-state index >= 15 is 0 Å². The first-order valence-electron chi connectivity index (χ1n) is 7.55. The van der Waals surface area contributed by atoms with Crippen molar-refractivity contribution in [2.24, 2.45) is 5.92 Å². The molecule has 2 N–H and O–H groups in total. The first-order valence-corrected chi connectivity index (χ1v) is 7.55. The van der Waals surface area contributed by atoms with Crippen molar-refractivity contribution in [3.63, 3.8) is 0 Å². The Kier molecular flexibility index (Phi) is 4.27. The minimum absolute atomic E-state index is 0.0828. The molecule has 1 aliphatic rings. The van der Waals surface area contributed by atoms with Gasteiger partial charge in [-0.25, -0.2) is 9.18 Å². The highest BCUT2D eigenvalue weighted by atomic mass is 19.1. The van der Waals surface area contributed by atoms with Gasteiger partial charge in [0.25, 0.3) is 5.91 Å². The van der Waals surface area contributed by atoms with E-state index in [0.717, 1.165) is 24.0 Å². The molecule has 1 amide bonds. The average molecular weight is 307 g/mol. The van der Waals surface area contributed by atoms with Crippen molar-refractivity contribution >= 4 is 11.9 Å². The van der Waals surface area contributed by atoms with Gasteiger partial charge in [0.05, 0.1) is 5.56 Å². The van der Waals surface area contributed by atoms with E-state index < -0.39 is 23.2 Å². The summed E-state index contributed by atoms with van der Waals surface area (Å²) in [6.45, 7) is 6.89. The Balaban J connectivity index is 2.34. The summed E-state index contributed by atoms with van der Waals surface area (Å²) < 4.78 is 14.2. The van der Waals surface area contributed by atoms with Gasteiger partial charge in [-0.1, -0.05) is 20.8 Å². The number of halogens is 1. The minimum Gasteiger partial charge on any atom is -0.480 e. The average Bonchev–Trinajstić information content (AvgIpc) is 2.77. The number of hydrogen-bond acceptors (Lipinski definition) is 2. The number of hydrogen-bond donors (Lipinski definition) is 2. The highest BCUT2D eigenvalue weighted by Gasteiger charge is 2.39. The molecule has 0 saturated carbocycles. The number of carbonyl (C=O) groups is 2. The zero-order chi connectivity index (χ0) is 16.7. The maximum absolute atomic E-state index is 14.2. The van der Waals surface area contributed by atoms with Gasteiger partial charge in [0.2, 0.25) is 0 Å². The Morgan fingerprint density at radius 3 is 2.59 bits per heavy atom. The number of amides is 1. The lowest BCUT2D eigenvalue weighted by Gasteiger charge is -2.30. The van der Waals surface area contributed by atoms with E-state index in [9.17, 15) is 19.1 Å². The molecule has 1 unspecified atom stereocenters. The zero-order valence-electron chi connectivity index (χ0n) is 13.4. The summed E-state index contributed by atoms with van der Waals surface area (Å²) in [5.41, 5.74) is 0.397. The maximum atomic E-state index is 14.2. The van der Waals surface area contributed by atoms with E-state index in [1.165, 1.54) is 13.0 Å². The number of aliphatic carboxylic acids is 1. The molecule has 2 atom stereocenters. The molecule has 4 nitrogen and oxygen atoms in total. The molecule has 1 aromatic rings. The van der Waals surface area contributed by atoms with Gasteiger partial charge in [0.1, 0.15) is 11.4 Å². The van der Waals surface area contributed by atoms with Crippen LogP contribution in [0.3, 0.4) is 0 Å². The van der Waals surface area contributed by atoms with Crippen LogP contribution >= 0.6 is 0 Å². The van der Waals surface area contributed by atoms with Crippen LogP contribution in [0.2, 0.25) is 0 Å². The number of carbonyl (C=O) groups excluding carboxylic acids is 1. The fourth-order valence-electron chi connectivity index (χ4n) is 2.76. The topological polar surface area (TPSA) is 66.4 Å². The minimum atomic E-state index is -1.44. The van der Waals surface area contributed by atoms with Crippen molar-refractivity contribution < 1.29 is 19.1 Å². The Hall–Kier alpha value is -1.91. The van der Waals surface area contributed by atoms with Gasteiger partial charge in [0.15, 0.2) is 0 Å². The van der Waals surface area contributed by atoms with E-state index in [1.54, 1.807) is 19.9 Å². The van der Waals surface area contributed by atoms with Gasteiger partial charge < -0.3 is 10.4 Å². The highest BCUT2D eigenvalue weighted by Crippen LogP contribution is 2.34. The SMILES string of the molecule is CC1CCc2cc(F)c(C(=O)N[C@@](C)(C(=O)O)C(C)C)cc21. The predicted molar refractivity (Wildman–Crippen MR) is 81.5 cm³/mol. The van der Waals surface area contributed by atoms with Crippen molar-refractivity contribution in [1.29, 1.82) is 0 Å². The van der Waals surface area contributed by atoms with Crippen molar-refractivity contribution in [2.75, 3.05) is 0 Å². The molecule has 2 rings (SSSR count). The van der Waals surface area contributed by atoms with E-state index in [0.29, 0.717) is 0 Å². The second kappa shape index (κ2) is 5.71. The molecule has 1 aliphatic carbocycles. The van der Waals surface area contributed by atoms with Crippen LogP contribution in [0.15, 0.2) is 12.1 Å². The molecular formula is C17H22FNO3. The molecule has 0 bridgehead atoms. The number of carboxylic acid groups (broad SMARTS) is 1. The largest absolute Gasteiger partial charge is 0.480 e. The van der Waals surface area contributed by atoms with E-state index in [4.69, 9.17) is 0 Å². The lowest BCUT2D eigenvalue weighted by atomic mass is 9.88. The molecule has 0 saturated heterocycles. The van der Waals surface area contributed by atoms with Crippen molar-refractivity contribution in [3.05, 3.63) is 34.6 Å². The molecule has 0 heterocycles. The summed E-state index contributed by atoms with van der Waals surface area (Å²) >= 11 is 0. The molecule has 120 valence electrons. The van der Waals surface area contributed by atoms with E-state index in [-0.39, 0.29) is 17.4 Å². The predicted octanol–water partition coefficient (Wildman–Crippen LogP) is 3.10. The van der Waals surface area contributed by atoms with Crippen LogP contribution in [0, 0.1) is 11.7 Å². The first-order chi connectivity index (χ1) is 10.2. The summed E-state index contributed by atoms with van der Waals surface area (Å²) in [7, 11) is 0. The standard InChI is InChI=1S/C17H22FNO3/c1-9(2)17(4,16(21)22)19-15(20)13-8-12-10(3)5-6-11(12)7-14(13)18/h7-10H,5-6H2,1-4H3,(H,19,20)(H,21,22)/t10?,17-/m1/s1. The fourth-order valence-corrected chi connectivity index (χ4v) is 2.76. The summed E-state index contributed by atoms with van der Waals surface area (Å²) in [5.74, 6) is -2.45. The lowest BCUT2D eigenvalue weighted by Crippen LogP contribution is -2.56. The number of nitrogens with one attached hydrogen (secondary N) is 1. The summed E-state index contributed by atoms with van der Waals surface area (Å²) in [6.07, 6.45) is 1.76. The van der Waals surface area contributed by atoms with Crippen LogP contribution in [-0.4, -0.2) is 22.5 Å². The third-order valence-corrected chi connectivity index (χ3v) is 4.82. The summed E-state index contributed by atoms with van der Waals surface area (Å²) in [5, 5.41) is 11.8. The quantitative estimate of drug-likeness (QED) is 0.898. The molecule has 0 aliphatic heterocycles. The smallest absolute Gasteiger partial charge is 0.329 e. The molecule has 0 radical (unpaired) electrons. The summed E-state index contributed by atoms with van der Waals surface area (Å²) in [4.78, 5) is 23.8. The molecule has 0 spiro atoms. The van der Waals surface area contributed by atoms with Gasteiger partial charge in [-0.15, -0.1) is 0 Å². The third kappa shape index (κ3) is 2.72. The normalized spacial score (nSPS) is 19.6. The Morgan fingerprint density at radius 1 is 1.41 bits per heavy atom. The second-order valence-electron chi connectivity index (χ2n) is 6.59. The van der Waals surface area contributed by atoms with Gasteiger partial charge in [-0.2, -0.15) is 0 Å². The van der Waals surface area contributed by atoms with Gasteiger partial charge in [-0.05, 0) is 54.9 Å². The number of rotatable bonds is 4. The number of benzene rings is 1. The lowest BCUT2D eigenvalue weighted by molar-refractivity contribution is -0.145. The summed E-state index contributed by atoms with van der Waals surface area (Å²) in [6, 6.07) is 2.97. The molecule has 0 aromatic heterocycles. The van der Waals surface area contributed by atoms with Crippen molar-refractivity contribution in [2.45, 2.75) is 52.0 Å². The Labute approximate surface area is 129 Å². The Bertz CT molecular complexity index is 627. The maximum Gasteiger partial charge on any atom is 0.329 e. The molecule has 1 aromatic carbocycles. The Morgan fingerprint density at radius 2 is 2.05 bits per heavy atom. The van der Waals surface area contributed by atoms with E-state index in [2.05, 4.69) is 5.32 Å². The van der Waals surface area contributed by atoms with Crippen LogP contribution in [0.5, 0.6) is 0 Å². The zero-order valence-corrected chi connectivity index (χ0v) is 13.4. The van der Waals surface area contributed by atoms with Crippen LogP contribution in [0.1, 0.15) is 61.5 Å². The molecule has 22 heavy (non-hydrogen) atoms. The monoisotopic (exact) mass is 307 g/mol. The number of carboxylic acids is 1. The highest BCUT2D eigenvalue weighted by molar-refractivity contribution is 5.98. The second-order valence-corrected chi connectivity index (χ2v) is 6.59. The van der Waals surface area contributed by atoms with Gasteiger partial charge in [-0.3, -0.25) is 4.79 Å². The van der Waals surface area contributed by atoms with Crippen LogP contribution in [0.25, 0.3) is 0 Å². The van der Waals surface area contributed by atoms with Crippen molar-refractivity contribution in [1.82, 2.24) is 5.32 Å². The van der Waals surface area contributed by atoms with Crippen LogP contribution < -0.4 is 5.32 Å². The van der Waals surface area contributed by atoms with Crippen LogP contribution in [-0.2, 0) is 11.2 Å². The first kappa shape index (κ1) is 16.5. The number of fused-ring (bicyclic) bond motifs is 1. The van der Waals surface area contributed by atoms with Crippen LogP contribution in [0.4, 0.5) is 4.39 Å². The molecule has 5 heteroatoms. The van der Waals surface area contributed by atoms with Gasteiger partial charge in [0, 0.05) is 0 Å².